The van der Waals surface area contributed by atoms with Crippen molar-refractivity contribution in [3.63, 3.8) is 0 Å². The molecule has 0 saturated carbocycles. The van der Waals surface area contributed by atoms with E-state index >= 15 is 0 Å². The van der Waals surface area contributed by atoms with Gasteiger partial charge in [-0.05, 0) is 100 Å². The second kappa shape index (κ2) is 15.3. The molecular weight excluding hydrogens is 765 g/mol. The van der Waals surface area contributed by atoms with Gasteiger partial charge < -0.3 is 13.9 Å². The van der Waals surface area contributed by atoms with Gasteiger partial charge in [0.2, 0.25) is 0 Å². The zero-order chi connectivity index (χ0) is 41.7. The Morgan fingerprint density at radius 3 is 1.51 bits per heavy atom. The van der Waals surface area contributed by atoms with Gasteiger partial charge in [0.15, 0.2) is 0 Å². The van der Waals surface area contributed by atoms with E-state index in [9.17, 15) is 0 Å². The van der Waals surface area contributed by atoms with Gasteiger partial charge in [-0.15, -0.1) is 0 Å². The lowest BCUT2D eigenvalue weighted by molar-refractivity contribution is 0.669. The van der Waals surface area contributed by atoms with Gasteiger partial charge in [0, 0.05) is 44.0 Å². The summed E-state index contributed by atoms with van der Waals surface area (Å²) < 4.78 is 8.95. The van der Waals surface area contributed by atoms with E-state index < -0.39 is 0 Å². The lowest BCUT2D eigenvalue weighted by Crippen LogP contribution is -2.11. The molecular formula is C60H40N2O. The van der Waals surface area contributed by atoms with E-state index in [-0.39, 0.29) is 0 Å². The van der Waals surface area contributed by atoms with E-state index in [0.717, 1.165) is 72.5 Å². The van der Waals surface area contributed by atoms with Crippen molar-refractivity contribution in [3.8, 4) is 50.2 Å². The number of hydrogen-bond acceptors (Lipinski definition) is 2. The monoisotopic (exact) mass is 804 g/mol. The van der Waals surface area contributed by atoms with Crippen LogP contribution in [0.5, 0.6) is 0 Å². The lowest BCUT2D eigenvalue weighted by atomic mass is 9.92. The Bertz CT molecular complexity index is 3550. The van der Waals surface area contributed by atoms with E-state index in [4.69, 9.17) is 4.42 Å². The second-order valence-electron chi connectivity index (χ2n) is 16.1. The summed E-state index contributed by atoms with van der Waals surface area (Å²) in [5, 5.41) is 4.70. The molecule has 3 heteroatoms. The normalized spacial score (nSPS) is 11.5. The summed E-state index contributed by atoms with van der Waals surface area (Å²) in [5.74, 6) is 0. The molecule has 0 spiro atoms. The summed E-state index contributed by atoms with van der Waals surface area (Å²) in [5.41, 5.74) is 17.7. The van der Waals surface area contributed by atoms with Crippen LogP contribution < -0.4 is 4.90 Å². The molecule has 0 aliphatic rings. The minimum atomic E-state index is 0.873. The third kappa shape index (κ3) is 6.29. The maximum Gasteiger partial charge on any atom is 0.136 e. The molecule has 296 valence electrons. The largest absolute Gasteiger partial charge is 0.456 e. The predicted octanol–water partition coefficient (Wildman–Crippen LogP) is 16.8. The molecule has 0 amide bonds. The summed E-state index contributed by atoms with van der Waals surface area (Å²) in [6.45, 7) is 0. The Kier molecular flexibility index (Phi) is 8.83. The number of anilines is 3. The van der Waals surface area contributed by atoms with Gasteiger partial charge >= 0.3 is 0 Å². The lowest BCUT2D eigenvalue weighted by Gasteiger charge is -2.28. The maximum absolute atomic E-state index is 6.52. The van der Waals surface area contributed by atoms with Crippen molar-refractivity contribution in [2.75, 3.05) is 4.90 Å². The van der Waals surface area contributed by atoms with Crippen LogP contribution in [0, 0.1) is 0 Å². The Hall–Kier alpha value is -8.40. The van der Waals surface area contributed by atoms with E-state index in [2.05, 4.69) is 240 Å². The minimum absolute atomic E-state index is 0.873. The molecule has 0 unspecified atom stereocenters. The third-order valence-electron chi connectivity index (χ3n) is 12.4. The van der Waals surface area contributed by atoms with Gasteiger partial charge in [-0.1, -0.05) is 176 Å². The first-order valence-corrected chi connectivity index (χ1v) is 21.5. The van der Waals surface area contributed by atoms with E-state index in [0.29, 0.717) is 0 Å². The van der Waals surface area contributed by atoms with Crippen molar-refractivity contribution in [3.05, 3.63) is 243 Å². The van der Waals surface area contributed by atoms with Gasteiger partial charge in [-0.25, -0.2) is 0 Å². The highest BCUT2D eigenvalue weighted by molar-refractivity contribution is 6.11. The summed E-state index contributed by atoms with van der Waals surface area (Å²) in [6.07, 6.45) is 0. The van der Waals surface area contributed by atoms with Crippen LogP contribution >= 0.6 is 0 Å². The quantitative estimate of drug-likeness (QED) is 0.153. The van der Waals surface area contributed by atoms with Crippen molar-refractivity contribution in [2.24, 2.45) is 0 Å². The molecule has 10 aromatic carbocycles. The van der Waals surface area contributed by atoms with Crippen LogP contribution in [0.3, 0.4) is 0 Å². The highest BCUT2D eigenvalue weighted by Gasteiger charge is 2.22. The predicted molar refractivity (Wildman–Crippen MR) is 264 cm³/mol. The van der Waals surface area contributed by atoms with Crippen LogP contribution in [0.15, 0.2) is 247 Å². The van der Waals surface area contributed by atoms with Crippen molar-refractivity contribution in [2.45, 2.75) is 0 Å². The Morgan fingerprint density at radius 1 is 0.317 bits per heavy atom. The number of benzene rings is 10. The molecule has 12 rings (SSSR count). The molecule has 0 aliphatic heterocycles. The second-order valence-corrected chi connectivity index (χ2v) is 16.1. The molecule has 63 heavy (non-hydrogen) atoms. The Balaban J connectivity index is 1.05. The number of rotatable bonds is 8. The van der Waals surface area contributed by atoms with Crippen LogP contribution in [-0.2, 0) is 0 Å². The van der Waals surface area contributed by atoms with Crippen LogP contribution in [0.2, 0.25) is 0 Å². The molecule has 12 aromatic rings. The zero-order valence-electron chi connectivity index (χ0n) is 34.4. The maximum atomic E-state index is 6.52. The van der Waals surface area contributed by atoms with Gasteiger partial charge in [-0.2, -0.15) is 0 Å². The summed E-state index contributed by atoms with van der Waals surface area (Å²) in [7, 11) is 0. The van der Waals surface area contributed by atoms with Crippen molar-refractivity contribution < 1.29 is 4.42 Å². The first kappa shape index (κ1) is 36.5. The number of aromatic nitrogens is 1. The van der Waals surface area contributed by atoms with Gasteiger partial charge in [0.05, 0.1) is 22.4 Å². The molecule has 3 nitrogen and oxygen atoms in total. The molecule has 0 atom stereocenters. The van der Waals surface area contributed by atoms with Gasteiger partial charge in [0.1, 0.15) is 11.2 Å². The third-order valence-corrected chi connectivity index (χ3v) is 12.4. The Morgan fingerprint density at radius 2 is 0.810 bits per heavy atom. The van der Waals surface area contributed by atoms with Gasteiger partial charge in [-0.3, -0.25) is 0 Å². The van der Waals surface area contributed by atoms with Crippen LogP contribution in [0.4, 0.5) is 17.1 Å². The molecule has 0 radical (unpaired) electrons. The van der Waals surface area contributed by atoms with E-state index in [1.54, 1.807) is 0 Å². The summed E-state index contributed by atoms with van der Waals surface area (Å²) in [6, 6.07) is 87.1. The highest BCUT2D eigenvalue weighted by atomic mass is 16.3. The van der Waals surface area contributed by atoms with Crippen molar-refractivity contribution in [1.29, 1.82) is 0 Å². The molecule has 0 N–H and O–H groups in total. The summed E-state index contributed by atoms with van der Waals surface area (Å²) >= 11 is 0. The highest BCUT2D eigenvalue weighted by Crippen LogP contribution is 2.45. The zero-order valence-corrected chi connectivity index (χ0v) is 34.4. The first-order valence-electron chi connectivity index (χ1n) is 21.5. The average Bonchev–Trinajstić information content (AvgIpc) is 3.90. The molecule has 2 heterocycles. The number of hydrogen-bond donors (Lipinski definition) is 0. The first-order chi connectivity index (χ1) is 31.3. The molecule has 2 aromatic heterocycles. The van der Waals surface area contributed by atoms with Crippen LogP contribution in [0.25, 0.3) is 93.9 Å². The fourth-order valence-electron chi connectivity index (χ4n) is 9.52. The number of furan rings is 1. The van der Waals surface area contributed by atoms with E-state index in [1.165, 1.54) is 38.5 Å². The molecule has 0 aliphatic carbocycles. The topological polar surface area (TPSA) is 21.3 Å². The number of nitrogens with zero attached hydrogens (tertiary/aromatic N) is 2. The number of para-hydroxylation sites is 4. The molecule has 0 saturated heterocycles. The SMILES string of the molecule is c1ccc(-c2ccc(N(c3ccc(-c4cccc(-n5c6ccccc6c6ccccc65)c4-c4ccc5c(c4)oc4ccccc45)cc3)c3ccccc3-c3ccccc3)cc2)cc1. The van der Waals surface area contributed by atoms with Crippen molar-refractivity contribution >= 4 is 60.8 Å². The van der Waals surface area contributed by atoms with Crippen molar-refractivity contribution in [1.82, 2.24) is 4.57 Å². The van der Waals surface area contributed by atoms with E-state index in [1.807, 2.05) is 12.1 Å². The Labute approximate surface area is 366 Å². The van der Waals surface area contributed by atoms with Gasteiger partial charge in [0.25, 0.3) is 0 Å². The summed E-state index contributed by atoms with van der Waals surface area (Å²) in [4.78, 5) is 2.38. The average molecular weight is 805 g/mol. The van der Waals surface area contributed by atoms with Crippen LogP contribution in [-0.4, -0.2) is 4.57 Å². The molecule has 0 bridgehead atoms. The number of fused-ring (bicyclic) bond motifs is 6. The van der Waals surface area contributed by atoms with Crippen LogP contribution in [0.1, 0.15) is 0 Å². The smallest absolute Gasteiger partial charge is 0.136 e. The molecule has 0 fully saturated rings. The minimum Gasteiger partial charge on any atom is -0.456 e. The standard InChI is InChI=1S/C60H40N2O/c1-3-16-41(17-4-1)42-30-35-46(36-31-42)61(54-25-11-7-20-48(54)43-18-5-2-6-19-43)47-37-32-44(33-38-47)49-24-15-28-57(62-55-26-12-8-21-50(55)51-22-9-13-27-56(51)62)60(49)45-34-39-53-52-23-10-14-29-58(52)63-59(53)40-45/h1-40H. The fourth-order valence-corrected chi connectivity index (χ4v) is 9.52. The fraction of sp³-hybridized carbons (Fsp3) is 0.